The van der Waals surface area contributed by atoms with Crippen LogP contribution in [0.25, 0.3) is 17.5 Å². The molecule has 0 saturated heterocycles. The van der Waals surface area contributed by atoms with Crippen LogP contribution in [0.3, 0.4) is 0 Å². The van der Waals surface area contributed by atoms with E-state index in [0.717, 1.165) is 18.9 Å². The Kier molecular flexibility index (Phi) is 5.19. The predicted molar refractivity (Wildman–Crippen MR) is 83.3 cm³/mol. The van der Waals surface area contributed by atoms with Crippen LogP contribution < -0.4 is 5.56 Å². The zero-order valence-corrected chi connectivity index (χ0v) is 12.3. The van der Waals surface area contributed by atoms with E-state index in [-0.39, 0.29) is 11.1 Å². The van der Waals surface area contributed by atoms with E-state index in [1.54, 1.807) is 24.4 Å². The fraction of sp³-hybridized carbons (Fsp3) is 0.250. The molecule has 0 aliphatic rings. The number of aryl methyl sites for hydroxylation is 1. The average Bonchev–Trinajstić information content (AvgIpc) is 2.53. The van der Waals surface area contributed by atoms with Crippen molar-refractivity contribution in [2.45, 2.75) is 26.3 Å². The molecule has 0 aliphatic heterocycles. The van der Waals surface area contributed by atoms with Crippen molar-refractivity contribution in [3.63, 3.8) is 0 Å². The van der Waals surface area contributed by atoms with Crippen LogP contribution in [0.5, 0.6) is 0 Å². The summed E-state index contributed by atoms with van der Waals surface area (Å²) in [6.45, 7) is 2.52. The van der Waals surface area contributed by atoms with Crippen molar-refractivity contribution < 1.29 is 9.90 Å². The van der Waals surface area contributed by atoms with E-state index in [0.29, 0.717) is 17.9 Å². The molecule has 2 aromatic rings. The number of carboxylic acid groups (broad SMARTS) is 1. The molecule has 0 aliphatic carbocycles. The van der Waals surface area contributed by atoms with E-state index >= 15 is 0 Å². The van der Waals surface area contributed by atoms with Gasteiger partial charge in [0.15, 0.2) is 0 Å². The molecule has 0 atom stereocenters. The first-order valence-electron chi connectivity index (χ1n) is 7.06. The van der Waals surface area contributed by atoms with Gasteiger partial charge < -0.3 is 5.11 Å². The molecule has 0 fully saturated rings. The third-order valence-electron chi connectivity index (χ3n) is 3.06. The molecule has 0 bridgehead atoms. The van der Waals surface area contributed by atoms with Crippen molar-refractivity contribution in [1.82, 2.24) is 14.8 Å². The number of hydrogen-bond donors (Lipinski definition) is 1. The van der Waals surface area contributed by atoms with Gasteiger partial charge in [-0.1, -0.05) is 19.4 Å². The van der Waals surface area contributed by atoms with E-state index in [9.17, 15) is 9.59 Å². The average molecular weight is 299 g/mol. The fourth-order valence-electron chi connectivity index (χ4n) is 1.94. The molecule has 2 aromatic heterocycles. The lowest BCUT2D eigenvalue weighted by molar-refractivity contribution is -0.131. The largest absolute Gasteiger partial charge is 0.478 e. The minimum atomic E-state index is -1.10. The first-order chi connectivity index (χ1) is 10.6. The maximum atomic E-state index is 12.3. The van der Waals surface area contributed by atoms with Gasteiger partial charge in [-0.3, -0.25) is 9.78 Å². The highest BCUT2D eigenvalue weighted by molar-refractivity contribution is 5.85. The van der Waals surface area contributed by atoms with Gasteiger partial charge in [0.2, 0.25) is 0 Å². The minimum Gasteiger partial charge on any atom is -0.478 e. The SMILES string of the molecule is CCCCn1nc(-c2ccccn2)cc(/C=C/C(=O)O)c1=O. The third-order valence-corrected chi connectivity index (χ3v) is 3.06. The summed E-state index contributed by atoms with van der Waals surface area (Å²) in [5, 5.41) is 13.1. The second-order valence-corrected chi connectivity index (χ2v) is 4.75. The molecular formula is C16H17N3O3. The van der Waals surface area contributed by atoms with E-state index < -0.39 is 5.97 Å². The van der Waals surface area contributed by atoms with Crippen LogP contribution in [0.1, 0.15) is 25.3 Å². The highest BCUT2D eigenvalue weighted by atomic mass is 16.4. The third kappa shape index (κ3) is 3.88. The fourth-order valence-corrected chi connectivity index (χ4v) is 1.94. The number of rotatable bonds is 6. The smallest absolute Gasteiger partial charge is 0.328 e. The van der Waals surface area contributed by atoms with Crippen molar-refractivity contribution in [3.05, 3.63) is 52.5 Å². The Morgan fingerprint density at radius 3 is 2.82 bits per heavy atom. The van der Waals surface area contributed by atoms with Gasteiger partial charge in [0, 0.05) is 24.4 Å². The van der Waals surface area contributed by atoms with Crippen LogP contribution in [0.4, 0.5) is 0 Å². The number of nitrogens with zero attached hydrogens (tertiary/aromatic N) is 3. The molecule has 0 spiro atoms. The minimum absolute atomic E-state index is 0.286. The Labute approximate surface area is 127 Å². The zero-order valence-electron chi connectivity index (χ0n) is 12.3. The van der Waals surface area contributed by atoms with Gasteiger partial charge in [0.05, 0.1) is 5.69 Å². The Morgan fingerprint density at radius 2 is 2.18 bits per heavy atom. The quantitative estimate of drug-likeness (QED) is 0.826. The van der Waals surface area contributed by atoms with Crippen molar-refractivity contribution in [2.75, 3.05) is 0 Å². The molecule has 0 aromatic carbocycles. The van der Waals surface area contributed by atoms with Crippen molar-refractivity contribution in [1.29, 1.82) is 0 Å². The van der Waals surface area contributed by atoms with Crippen LogP contribution in [0, 0.1) is 0 Å². The Hall–Kier alpha value is -2.76. The van der Waals surface area contributed by atoms with E-state index in [1.807, 2.05) is 13.0 Å². The molecular weight excluding hydrogens is 282 g/mol. The van der Waals surface area contributed by atoms with E-state index in [1.165, 1.54) is 10.8 Å². The molecule has 1 N–H and O–H groups in total. The topological polar surface area (TPSA) is 85.1 Å². The summed E-state index contributed by atoms with van der Waals surface area (Å²) in [6.07, 6.45) is 5.64. The maximum Gasteiger partial charge on any atom is 0.328 e. The molecule has 0 unspecified atom stereocenters. The van der Waals surface area contributed by atoms with Gasteiger partial charge in [-0.2, -0.15) is 5.10 Å². The summed E-state index contributed by atoms with van der Waals surface area (Å²) in [7, 11) is 0. The summed E-state index contributed by atoms with van der Waals surface area (Å²) >= 11 is 0. The van der Waals surface area contributed by atoms with Gasteiger partial charge in [0.1, 0.15) is 5.69 Å². The summed E-state index contributed by atoms with van der Waals surface area (Å²) in [4.78, 5) is 27.2. The normalized spacial score (nSPS) is 11.0. The standard InChI is InChI=1S/C16H17N3O3/c1-2-3-10-19-16(22)12(7-8-15(20)21)11-14(18-19)13-6-4-5-9-17-13/h4-9,11H,2-3,10H2,1H3,(H,20,21)/b8-7+. The number of aromatic nitrogens is 3. The van der Waals surface area contributed by atoms with Gasteiger partial charge in [-0.05, 0) is 30.7 Å². The second-order valence-electron chi connectivity index (χ2n) is 4.75. The van der Waals surface area contributed by atoms with E-state index in [2.05, 4.69) is 10.1 Å². The van der Waals surface area contributed by atoms with Crippen molar-refractivity contribution in [2.24, 2.45) is 0 Å². The molecule has 6 heteroatoms. The molecule has 2 heterocycles. The molecule has 0 amide bonds. The first kappa shape index (κ1) is 15.6. The molecule has 6 nitrogen and oxygen atoms in total. The summed E-state index contributed by atoms with van der Waals surface area (Å²) in [5.41, 5.74) is 1.17. The highest BCUT2D eigenvalue weighted by Gasteiger charge is 2.09. The molecule has 0 radical (unpaired) electrons. The van der Waals surface area contributed by atoms with E-state index in [4.69, 9.17) is 5.11 Å². The Morgan fingerprint density at radius 1 is 1.36 bits per heavy atom. The van der Waals surface area contributed by atoms with Crippen LogP contribution in [0.2, 0.25) is 0 Å². The first-order valence-corrected chi connectivity index (χ1v) is 7.06. The zero-order chi connectivity index (χ0) is 15.9. The van der Waals surface area contributed by atoms with Crippen LogP contribution in [0.15, 0.2) is 41.3 Å². The maximum absolute atomic E-state index is 12.3. The molecule has 22 heavy (non-hydrogen) atoms. The number of aliphatic carboxylic acids is 1. The highest BCUT2D eigenvalue weighted by Crippen LogP contribution is 2.13. The van der Waals surface area contributed by atoms with Crippen molar-refractivity contribution >= 4 is 12.0 Å². The summed E-state index contributed by atoms with van der Waals surface area (Å²) in [5.74, 6) is -1.10. The lowest BCUT2D eigenvalue weighted by Crippen LogP contribution is -2.25. The second kappa shape index (κ2) is 7.31. The van der Waals surface area contributed by atoms with Gasteiger partial charge in [-0.25, -0.2) is 9.48 Å². The summed E-state index contributed by atoms with van der Waals surface area (Å²) in [6, 6.07) is 6.98. The van der Waals surface area contributed by atoms with Crippen LogP contribution >= 0.6 is 0 Å². The van der Waals surface area contributed by atoms with Crippen molar-refractivity contribution in [3.8, 4) is 11.4 Å². The van der Waals surface area contributed by atoms with Gasteiger partial charge >= 0.3 is 5.97 Å². The predicted octanol–water partition coefficient (Wildman–Crippen LogP) is 2.20. The van der Waals surface area contributed by atoms with Crippen LogP contribution in [-0.2, 0) is 11.3 Å². The molecule has 2 rings (SSSR count). The Bertz CT molecular complexity index is 736. The Balaban J connectivity index is 2.52. The van der Waals surface area contributed by atoms with Gasteiger partial charge in [-0.15, -0.1) is 0 Å². The lowest BCUT2D eigenvalue weighted by Gasteiger charge is -2.08. The monoisotopic (exact) mass is 299 g/mol. The number of unbranched alkanes of at least 4 members (excludes halogenated alkanes) is 1. The molecule has 114 valence electrons. The lowest BCUT2D eigenvalue weighted by atomic mass is 10.2. The number of hydrogen-bond acceptors (Lipinski definition) is 4. The van der Waals surface area contributed by atoms with Gasteiger partial charge in [0.25, 0.3) is 5.56 Å². The number of pyridine rings is 1. The molecule has 0 saturated carbocycles. The number of carbonyl (C=O) groups is 1. The van der Waals surface area contributed by atoms with Crippen LogP contribution in [-0.4, -0.2) is 25.8 Å². The number of carboxylic acids is 1. The summed E-state index contributed by atoms with van der Waals surface area (Å²) < 4.78 is 1.37.